The van der Waals surface area contributed by atoms with Crippen molar-refractivity contribution in [2.45, 2.75) is 20.1 Å². The van der Waals surface area contributed by atoms with E-state index >= 15 is 0 Å². The average Bonchev–Trinajstić information content (AvgIpc) is 2.58. The van der Waals surface area contributed by atoms with Gasteiger partial charge in [0.25, 0.3) is 0 Å². The van der Waals surface area contributed by atoms with Crippen molar-refractivity contribution in [2.75, 3.05) is 20.8 Å². The highest BCUT2D eigenvalue weighted by Gasteiger charge is 2.14. The maximum absolute atomic E-state index is 5.93. The van der Waals surface area contributed by atoms with Gasteiger partial charge in [-0.1, -0.05) is 37.3 Å². The van der Waals surface area contributed by atoms with Crippen LogP contribution in [0.1, 0.15) is 18.1 Å². The first-order valence-electron chi connectivity index (χ1n) is 7.40. The molecule has 0 aliphatic heterocycles. The summed E-state index contributed by atoms with van der Waals surface area (Å²) >= 11 is 0. The SMILES string of the molecule is CCNCc1cc(OC)c(OCc2ccccc2)c(OC)c1. The van der Waals surface area contributed by atoms with Crippen LogP contribution in [0.4, 0.5) is 0 Å². The summed E-state index contributed by atoms with van der Waals surface area (Å²) in [6, 6.07) is 14.0. The standard InChI is InChI=1S/C18H23NO3/c1-4-19-12-15-10-16(20-2)18(17(11-15)21-3)22-13-14-8-6-5-7-9-14/h5-11,19H,4,12-13H2,1-3H3. The highest BCUT2D eigenvalue weighted by molar-refractivity contribution is 5.54. The molecule has 0 fully saturated rings. The van der Waals surface area contributed by atoms with E-state index in [0.717, 1.165) is 24.2 Å². The third-order valence-electron chi connectivity index (χ3n) is 3.33. The molecule has 0 spiro atoms. The van der Waals surface area contributed by atoms with E-state index in [9.17, 15) is 0 Å². The molecule has 1 N–H and O–H groups in total. The summed E-state index contributed by atoms with van der Waals surface area (Å²) in [7, 11) is 3.28. The zero-order valence-electron chi connectivity index (χ0n) is 13.4. The third-order valence-corrected chi connectivity index (χ3v) is 3.33. The topological polar surface area (TPSA) is 39.7 Å². The van der Waals surface area contributed by atoms with Gasteiger partial charge in [0.2, 0.25) is 5.75 Å². The van der Waals surface area contributed by atoms with Crippen molar-refractivity contribution in [3.63, 3.8) is 0 Å². The number of hydrogen-bond acceptors (Lipinski definition) is 4. The number of rotatable bonds is 8. The highest BCUT2D eigenvalue weighted by atomic mass is 16.5. The zero-order valence-corrected chi connectivity index (χ0v) is 13.4. The Kier molecular flexibility index (Phi) is 6.10. The molecular formula is C18H23NO3. The molecule has 4 nitrogen and oxygen atoms in total. The number of nitrogens with one attached hydrogen (secondary N) is 1. The predicted octanol–water partition coefficient (Wildman–Crippen LogP) is 3.39. The monoisotopic (exact) mass is 301 g/mol. The lowest BCUT2D eigenvalue weighted by Crippen LogP contribution is -2.12. The largest absolute Gasteiger partial charge is 0.493 e. The van der Waals surface area contributed by atoms with Gasteiger partial charge in [-0.15, -0.1) is 0 Å². The first kappa shape index (κ1) is 16.2. The Labute approximate surface area is 132 Å². The van der Waals surface area contributed by atoms with Gasteiger partial charge in [0.05, 0.1) is 14.2 Å². The molecular weight excluding hydrogens is 278 g/mol. The van der Waals surface area contributed by atoms with Gasteiger partial charge in [0.1, 0.15) is 6.61 Å². The number of methoxy groups -OCH3 is 2. The van der Waals surface area contributed by atoms with Crippen LogP contribution in [0.3, 0.4) is 0 Å². The zero-order chi connectivity index (χ0) is 15.8. The maximum atomic E-state index is 5.93. The van der Waals surface area contributed by atoms with Crippen molar-refractivity contribution in [3.8, 4) is 17.2 Å². The van der Waals surface area contributed by atoms with Crippen LogP contribution in [-0.2, 0) is 13.2 Å². The van der Waals surface area contributed by atoms with Crippen LogP contribution in [0.5, 0.6) is 17.2 Å². The molecule has 0 saturated heterocycles. The minimum atomic E-state index is 0.472. The van der Waals surface area contributed by atoms with Gasteiger partial charge in [-0.25, -0.2) is 0 Å². The molecule has 0 amide bonds. The highest BCUT2D eigenvalue weighted by Crippen LogP contribution is 2.39. The number of ether oxygens (including phenoxy) is 3. The molecule has 2 aromatic carbocycles. The van der Waals surface area contributed by atoms with Crippen LogP contribution in [0.15, 0.2) is 42.5 Å². The third kappa shape index (κ3) is 4.15. The second kappa shape index (κ2) is 8.29. The molecule has 118 valence electrons. The van der Waals surface area contributed by atoms with Gasteiger partial charge < -0.3 is 19.5 Å². The number of hydrogen-bond donors (Lipinski definition) is 1. The van der Waals surface area contributed by atoms with Gasteiger partial charge in [-0.2, -0.15) is 0 Å². The fourth-order valence-electron chi connectivity index (χ4n) is 2.18. The lowest BCUT2D eigenvalue weighted by molar-refractivity contribution is 0.265. The van der Waals surface area contributed by atoms with Gasteiger partial charge >= 0.3 is 0 Å². The lowest BCUT2D eigenvalue weighted by atomic mass is 10.1. The summed E-state index contributed by atoms with van der Waals surface area (Å²) in [5, 5.41) is 3.29. The molecule has 22 heavy (non-hydrogen) atoms. The molecule has 0 heterocycles. The summed E-state index contributed by atoms with van der Waals surface area (Å²) in [4.78, 5) is 0. The Morgan fingerprint density at radius 1 is 0.909 bits per heavy atom. The second-order valence-electron chi connectivity index (χ2n) is 4.88. The molecule has 0 saturated carbocycles. The van der Waals surface area contributed by atoms with Crippen molar-refractivity contribution >= 4 is 0 Å². The molecule has 0 aliphatic carbocycles. The molecule has 0 radical (unpaired) electrons. The van der Waals surface area contributed by atoms with E-state index in [-0.39, 0.29) is 0 Å². The molecule has 0 aromatic heterocycles. The summed E-state index contributed by atoms with van der Waals surface area (Å²) in [6.07, 6.45) is 0. The second-order valence-corrected chi connectivity index (χ2v) is 4.88. The van der Waals surface area contributed by atoms with E-state index in [1.54, 1.807) is 14.2 Å². The normalized spacial score (nSPS) is 10.3. The van der Waals surface area contributed by atoms with Gasteiger partial charge in [0.15, 0.2) is 11.5 Å². The molecule has 4 heteroatoms. The number of benzene rings is 2. The first-order chi connectivity index (χ1) is 10.8. The van der Waals surface area contributed by atoms with E-state index in [0.29, 0.717) is 23.9 Å². The van der Waals surface area contributed by atoms with Gasteiger partial charge in [-0.3, -0.25) is 0 Å². The van der Waals surface area contributed by atoms with E-state index < -0.39 is 0 Å². The molecule has 0 atom stereocenters. The van der Waals surface area contributed by atoms with Crippen LogP contribution in [0, 0.1) is 0 Å². The Morgan fingerprint density at radius 3 is 2.09 bits per heavy atom. The van der Waals surface area contributed by atoms with Crippen molar-refractivity contribution < 1.29 is 14.2 Å². The Balaban J connectivity index is 2.21. The molecule has 0 unspecified atom stereocenters. The van der Waals surface area contributed by atoms with Crippen molar-refractivity contribution in [1.82, 2.24) is 5.32 Å². The maximum Gasteiger partial charge on any atom is 0.203 e. The van der Waals surface area contributed by atoms with Crippen LogP contribution < -0.4 is 19.5 Å². The summed E-state index contributed by atoms with van der Waals surface area (Å²) in [6.45, 7) is 4.23. The molecule has 0 bridgehead atoms. The first-order valence-corrected chi connectivity index (χ1v) is 7.40. The van der Waals surface area contributed by atoms with Crippen molar-refractivity contribution in [3.05, 3.63) is 53.6 Å². The fourth-order valence-corrected chi connectivity index (χ4v) is 2.18. The predicted molar refractivity (Wildman–Crippen MR) is 87.7 cm³/mol. The van der Waals surface area contributed by atoms with Crippen LogP contribution in [-0.4, -0.2) is 20.8 Å². The summed E-state index contributed by atoms with van der Waals surface area (Å²) < 4.78 is 16.9. The lowest BCUT2D eigenvalue weighted by Gasteiger charge is -2.16. The quantitative estimate of drug-likeness (QED) is 0.811. The van der Waals surface area contributed by atoms with E-state index in [1.165, 1.54) is 0 Å². The smallest absolute Gasteiger partial charge is 0.203 e. The Hall–Kier alpha value is -2.20. The van der Waals surface area contributed by atoms with Gasteiger partial charge in [-0.05, 0) is 29.8 Å². The van der Waals surface area contributed by atoms with Crippen molar-refractivity contribution in [1.29, 1.82) is 0 Å². The minimum absolute atomic E-state index is 0.472. The Morgan fingerprint density at radius 2 is 1.55 bits per heavy atom. The van der Waals surface area contributed by atoms with E-state index in [2.05, 4.69) is 12.2 Å². The minimum Gasteiger partial charge on any atom is -0.493 e. The summed E-state index contributed by atoms with van der Waals surface area (Å²) in [5.41, 5.74) is 2.20. The van der Waals surface area contributed by atoms with Crippen LogP contribution in [0.2, 0.25) is 0 Å². The Bertz CT molecular complexity index is 559. The molecule has 0 aliphatic rings. The average molecular weight is 301 g/mol. The summed E-state index contributed by atoms with van der Waals surface area (Å²) in [5.74, 6) is 2.00. The van der Waals surface area contributed by atoms with Crippen LogP contribution >= 0.6 is 0 Å². The molecule has 2 aromatic rings. The van der Waals surface area contributed by atoms with Gasteiger partial charge in [0, 0.05) is 6.54 Å². The fraction of sp³-hybridized carbons (Fsp3) is 0.333. The van der Waals surface area contributed by atoms with Crippen molar-refractivity contribution in [2.24, 2.45) is 0 Å². The van der Waals surface area contributed by atoms with E-state index in [4.69, 9.17) is 14.2 Å². The van der Waals surface area contributed by atoms with Crippen LogP contribution in [0.25, 0.3) is 0 Å². The van der Waals surface area contributed by atoms with E-state index in [1.807, 2.05) is 42.5 Å². The molecule has 2 rings (SSSR count).